The Morgan fingerprint density at radius 2 is 1.88 bits per heavy atom. The van der Waals surface area contributed by atoms with Crippen molar-refractivity contribution in [1.29, 1.82) is 0 Å². The van der Waals surface area contributed by atoms with Crippen molar-refractivity contribution < 1.29 is 0 Å². The molecule has 2 rings (SSSR count). The second-order valence-electron chi connectivity index (χ2n) is 3.89. The number of rotatable bonds is 2. The average Bonchev–Trinajstić information content (AvgIpc) is 2.61. The largest absolute Gasteiger partial charge is 0.143 e. The molecule has 17 heavy (non-hydrogen) atoms. The van der Waals surface area contributed by atoms with E-state index in [0.29, 0.717) is 0 Å². The van der Waals surface area contributed by atoms with Gasteiger partial charge in [0.1, 0.15) is 0 Å². The molecule has 90 valence electrons. The van der Waals surface area contributed by atoms with Gasteiger partial charge in [-0.2, -0.15) is 0 Å². The lowest BCUT2D eigenvalue weighted by atomic mass is 10.0. The maximum Gasteiger partial charge on any atom is 0.0942 e. The normalized spacial score (nSPS) is 12.8. The molecule has 0 bridgehead atoms. The Morgan fingerprint density at radius 1 is 1.18 bits per heavy atom. The summed E-state index contributed by atoms with van der Waals surface area (Å²) in [6.07, 6.45) is 0. The molecule has 0 spiro atoms. The minimum absolute atomic E-state index is 0.0967. The fourth-order valence-electron chi connectivity index (χ4n) is 1.71. The number of benzene rings is 1. The smallest absolute Gasteiger partial charge is 0.0942 e. The Kier molecular flexibility index (Phi) is 4.35. The molecular formula is C13H11Br2ClS. The topological polar surface area (TPSA) is 0 Å². The van der Waals surface area contributed by atoms with E-state index in [9.17, 15) is 0 Å². The molecule has 0 aliphatic heterocycles. The van der Waals surface area contributed by atoms with Crippen LogP contribution in [0.1, 0.15) is 26.3 Å². The maximum atomic E-state index is 6.59. The summed E-state index contributed by atoms with van der Waals surface area (Å²) in [5.74, 6) is 0. The molecule has 0 fully saturated rings. The zero-order chi connectivity index (χ0) is 12.6. The highest BCUT2D eigenvalue weighted by Crippen LogP contribution is 2.41. The fourth-order valence-corrected chi connectivity index (χ4v) is 4.59. The highest BCUT2D eigenvalue weighted by atomic mass is 79.9. The highest BCUT2D eigenvalue weighted by Gasteiger charge is 2.19. The first-order valence-electron chi connectivity index (χ1n) is 5.15. The zero-order valence-electron chi connectivity index (χ0n) is 9.43. The SMILES string of the molecule is Cc1cc(Br)c(C(Cl)c2cccc(Br)c2C)s1. The van der Waals surface area contributed by atoms with Gasteiger partial charge in [0.05, 0.1) is 5.38 Å². The third-order valence-corrected chi connectivity index (χ3v) is 6.12. The molecule has 0 aliphatic carbocycles. The third-order valence-electron chi connectivity index (χ3n) is 2.65. The monoisotopic (exact) mass is 392 g/mol. The second kappa shape index (κ2) is 5.43. The van der Waals surface area contributed by atoms with Crippen molar-refractivity contribution in [3.63, 3.8) is 0 Å². The molecule has 2 aromatic rings. The van der Waals surface area contributed by atoms with Gasteiger partial charge in [0.25, 0.3) is 0 Å². The highest BCUT2D eigenvalue weighted by molar-refractivity contribution is 9.10. The van der Waals surface area contributed by atoms with E-state index < -0.39 is 0 Å². The second-order valence-corrected chi connectivity index (χ2v) is 7.32. The lowest BCUT2D eigenvalue weighted by Gasteiger charge is -2.13. The Balaban J connectivity index is 2.47. The molecule has 4 heteroatoms. The quantitative estimate of drug-likeness (QED) is 0.531. The van der Waals surface area contributed by atoms with Gasteiger partial charge >= 0.3 is 0 Å². The number of aryl methyl sites for hydroxylation is 1. The Hall–Kier alpha value is 0.170. The van der Waals surface area contributed by atoms with Crippen molar-refractivity contribution in [2.45, 2.75) is 19.2 Å². The predicted octanol–water partition coefficient (Wildman–Crippen LogP) is 6.22. The summed E-state index contributed by atoms with van der Waals surface area (Å²) < 4.78 is 2.20. The lowest BCUT2D eigenvalue weighted by molar-refractivity contribution is 1.13. The molecule has 0 radical (unpaired) electrons. The van der Waals surface area contributed by atoms with E-state index in [-0.39, 0.29) is 5.38 Å². The van der Waals surface area contributed by atoms with E-state index in [2.05, 4.69) is 57.8 Å². The third kappa shape index (κ3) is 2.78. The van der Waals surface area contributed by atoms with Crippen LogP contribution < -0.4 is 0 Å². The number of thiophene rings is 1. The van der Waals surface area contributed by atoms with Gasteiger partial charge in [0.15, 0.2) is 0 Å². The Labute approximate surface area is 127 Å². The first-order chi connectivity index (χ1) is 8.00. The molecule has 1 unspecified atom stereocenters. The van der Waals surface area contributed by atoms with Gasteiger partial charge in [-0.1, -0.05) is 28.1 Å². The van der Waals surface area contributed by atoms with Gasteiger partial charge in [-0.15, -0.1) is 22.9 Å². The molecule has 0 nitrogen and oxygen atoms in total. The summed E-state index contributed by atoms with van der Waals surface area (Å²) in [4.78, 5) is 2.44. The maximum absolute atomic E-state index is 6.59. The molecule has 0 N–H and O–H groups in total. The number of halogens is 3. The number of alkyl halides is 1. The van der Waals surface area contributed by atoms with Gasteiger partial charge in [-0.3, -0.25) is 0 Å². The molecule has 0 saturated carbocycles. The summed E-state index contributed by atoms with van der Waals surface area (Å²) in [6, 6.07) is 8.26. The molecule has 1 aromatic heterocycles. The van der Waals surface area contributed by atoms with Crippen LogP contribution in [0.3, 0.4) is 0 Å². The van der Waals surface area contributed by atoms with E-state index >= 15 is 0 Å². The summed E-state index contributed by atoms with van der Waals surface area (Å²) in [6.45, 7) is 4.18. The molecule has 0 saturated heterocycles. The van der Waals surface area contributed by atoms with Crippen LogP contribution in [0, 0.1) is 13.8 Å². The summed E-state index contributed by atoms with van der Waals surface area (Å²) in [5, 5.41) is -0.0967. The van der Waals surface area contributed by atoms with Crippen LogP contribution in [-0.2, 0) is 0 Å². The summed E-state index contributed by atoms with van der Waals surface area (Å²) >= 11 is 15.4. The van der Waals surface area contributed by atoms with Gasteiger partial charge in [-0.05, 0) is 53.0 Å². The van der Waals surface area contributed by atoms with Gasteiger partial charge in [-0.25, -0.2) is 0 Å². The minimum atomic E-state index is -0.0967. The van der Waals surface area contributed by atoms with Crippen molar-refractivity contribution in [2.24, 2.45) is 0 Å². The van der Waals surface area contributed by atoms with Crippen LogP contribution in [0.2, 0.25) is 0 Å². The van der Waals surface area contributed by atoms with Crippen LogP contribution in [-0.4, -0.2) is 0 Å². The van der Waals surface area contributed by atoms with Gasteiger partial charge in [0.2, 0.25) is 0 Å². The standard InChI is InChI=1S/C13H11Br2ClS/c1-7-6-11(15)13(17-7)12(16)9-4-3-5-10(14)8(9)2/h3-6,12H,1-2H3. The van der Waals surface area contributed by atoms with Crippen molar-refractivity contribution in [1.82, 2.24) is 0 Å². The van der Waals surface area contributed by atoms with E-state index in [1.54, 1.807) is 11.3 Å². The van der Waals surface area contributed by atoms with Crippen molar-refractivity contribution in [3.8, 4) is 0 Å². The molecular weight excluding hydrogens is 383 g/mol. The van der Waals surface area contributed by atoms with Crippen LogP contribution in [0.25, 0.3) is 0 Å². The van der Waals surface area contributed by atoms with Gasteiger partial charge < -0.3 is 0 Å². The number of hydrogen-bond donors (Lipinski definition) is 0. The van der Waals surface area contributed by atoms with E-state index in [1.807, 2.05) is 12.1 Å². The molecule has 0 aliphatic rings. The molecule has 1 aromatic carbocycles. The summed E-state index contributed by atoms with van der Waals surface area (Å²) in [5.41, 5.74) is 2.36. The predicted molar refractivity (Wildman–Crippen MR) is 83.3 cm³/mol. The van der Waals surface area contributed by atoms with E-state index in [0.717, 1.165) is 14.5 Å². The molecule has 1 atom stereocenters. The minimum Gasteiger partial charge on any atom is -0.143 e. The first-order valence-corrected chi connectivity index (χ1v) is 7.99. The zero-order valence-corrected chi connectivity index (χ0v) is 14.2. The van der Waals surface area contributed by atoms with Crippen LogP contribution in [0.4, 0.5) is 0 Å². The van der Waals surface area contributed by atoms with Crippen molar-refractivity contribution in [3.05, 3.63) is 54.1 Å². The first kappa shape index (κ1) is 13.6. The Morgan fingerprint density at radius 3 is 2.47 bits per heavy atom. The fraction of sp³-hybridized carbons (Fsp3) is 0.231. The van der Waals surface area contributed by atoms with Gasteiger partial charge in [0, 0.05) is 18.7 Å². The van der Waals surface area contributed by atoms with Crippen LogP contribution >= 0.6 is 54.8 Å². The average molecular weight is 395 g/mol. The van der Waals surface area contributed by atoms with Crippen molar-refractivity contribution >= 4 is 54.8 Å². The lowest BCUT2D eigenvalue weighted by Crippen LogP contribution is -1.95. The molecule has 1 heterocycles. The van der Waals surface area contributed by atoms with E-state index in [1.165, 1.54) is 15.3 Å². The van der Waals surface area contributed by atoms with E-state index in [4.69, 9.17) is 11.6 Å². The van der Waals surface area contributed by atoms with Crippen molar-refractivity contribution in [2.75, 3.05) is 0 Å². The Bertz CT molecular complexity index is 548. The summed E-state index contributed by atoms with van der Waals surface area (Å²) in [7, 11) is 0. The van der Waals surface area contributed by atoms with Crippen LogP contribution in [0.15, 0.2) is 33.2 Å². The number of hydrogen-bond acceptors (Lipinski definition) is 1. The van der Waals surface area contributed by atoms with Crippen LogP contribution in [0.5, 0.6) is 0 Å². The molecule has 0 amide bonds.